The molecule has 0 saturated carbocycles. The van der Waals surface area contributed by atoms with Gasteiger partial charge in [0.15, 0.2) is 5.76 Å². The first-order valence-electron chi connectivity index (χ1n) is 6.27. The number of aromatic nitrogens is 1. The highest BCUT2D eigenvalue weighted by molar-refractivity contribution is 5.48. The highest BCUT2D eigenvalue weighted by Gasteiger charge is 2.02. The van der Waals surface area contributed by atoms with E-state index >= 15 is 0 Å². The van der Waals surface area contributed by atoms with E-state index in [2.05, 4.69) is 22.6 Å². The zero-order valence-electron chi connectivity index (χ0n) is 11.0. The topological polar surface area (TPSA) is 47.3 Å². The van der Waals surface area contributed by atoms with Crippen molar-refractivity contribution in [1.29, 1.82) is 0 Å². The van der Waals surface area contributed by atoms with Crippen LogP contribution >= 0.6 is 0 Å². The number of hydrogen-bond donors (Lipinski definition) is 1. The van der Waals surface area contributed by atoms with Crippen LogP contribution in [0.3, 0.4) is 0 Å². The minimum absolute atomic E-state index is 0.440. The van der Waals surface area contributed by atoms with Crippen molar-refractivity contribution in [2.45, 2.75) is 13.2 Å². The molecule has 0 aliphatic carbocycles. The predicted molar refractivity (Wildman–Crippen MR) is 74.4 cm³/mol. The van der Waals surface area contributed by atoms with Crippen LogP contribution in [0.2, 0.25) is 0 Å². The van der Waals surface area contributed by atoms with Crippen molar-refractivity contribution in [1.82, 2.24) is 10.5 Å². The maximum absolute atomic E-state index is 5.49. The second kappa shape index (κ2) is 7.51. The Morgan fingerprint density at radius 3 is 2.95 bits per heavy atom. The van der Waals surface area contributed by atoms with Gasteiger partial charge < -0.3 is 14.6 Å². The standard InChI is InChI=1S/C15H18N2O2/c1-16-11-14-10-15(19-17-14)12-18-9-5-8-13-6-3-2-4-7-13/h2-8,10,16H,9,11-12H2,1H3/b8-5+. The van der Waals surface area contributed by atoms with Crippen LogP contribution in [-0.4, -0.2) is 18.8 Å². The highest BCUT2D eigenvalue weighted by Crippen LogP contribution is 2.05. The first-order valence-corrected chi connectivity index (χ1v) is 6.27. The predicted octanol–water partition coefficient (Wildman–Crippen LogP) is 2.62. The lowest BCUT2D eigenvalue weighted by Crippen LogP contribution is -2.04. The smallest absolute Gasteiger partial charge is 0.162 e. The normalized spacial score (nSPS) is 11.2. The Morgan fingerprint density at radius 1 is 1.32 bits per heavy atom. The van der Waals surface area contributed by atoms with E-state index < -0.39 is 0 Å². The molecule has 4 heteroatoms. The van der Waals surface area contributed by atoms with Crippen LogP contribution in [0.4, 0.5) is 0 Å². The van der Waals surface area contributed by atoms with Crippen molar-refractivity contribution in [3.8, 4) is 0 Å². The molecule has 19 heavy (non-hydrogen) atoms. The van der Waals surface area contributed by atoms with Gasteiger partial charge in [0.05, 0.1) is 12.3 Å². The summed E-state index contributed by atoms with van der Waals surface area (Å²) in [5.74, 6) is 0.748. The molecule has 100 valence electrons. The van der Waals surface area contributed by atoms with E-state index in [1.807, 2.05) is 43.5 Å². The van der Waals surface area contributed by atoms with Crippen LogP contribution in [0.15, 0.2) is 47.0 Å². The van der Waals surface area contributed by atoms with Gasteiger partial charge in [0.1, 0.15) is 6.61 Å². The molecular weight excluding hydrogens is 240 g/mol. The van der Waals surface area contributed by atoms with E-state index in [-0.39, 0.29) is 0 Å². The van der Waals surface area contributed by atoms with E-state index in [9.17, 15) is 0 Å². The molecule has 0 fully saturated rings. The Bertz CT molecular complexity index is 506. The number of nitrogens with zero attached hydrogens (tertiary/aromatic N) is 1. The molecule has 0 atom stereocenters. The van der Waals surface area contributed by atoms with Crippen LogP contribution in [0.25, 0.3) is 6.08 Å². The molecule has 0 bridgehead atoms. The minimum Gasteiger partial charge on any atom is -0.369 e. The first-order chi connectivity index (χ1) is 9.38. The average Bonchev–Trinajstić information content (AvgIpc) is 2.88. The van der Waals surface area contributed by atoms with Gasteiger partial charge in [-0.1, -0.05) is 47.6 Å². The largest absolute Gasteiger partial charge is 0.369 e. The Morgan fingerprint density at radius 2 is 2.16 bits per heavy atom. The molecule has 1 aromatic heterocycles. The summed E-state index contributed by atoms with van der Waals surface area (Å²) in [6.45, 7) is 1.70. The molecule has 0 unspecified atom stereocenters. The lowest BCUT2D eigenvalue weighted by Gasteiger charge is -1.96. The van der Waals surface area contributed by atoms with Gasteiger partial charge in [-0.2, -0.15) is 0 Å². The summed E-state index contributed by atoms with van der Waals surface area (Å²) in [7, 11) is 1.87. The van der Waals surface area contributed by atoms with E-state index in [4.69, 9.17) is 9.26 Å². The summed E-state index contributed by atoms with van der Waals surface area (Å²) in [5.41, 5.74) is 2.06. The number of nitrogens with one attached hydrogen (secondary N) is 1. The number of benzene rings is 1. The van der Waals surface area contributed by atoms with Crippen molar-refractivity contribution in [3.63, 3.8) is 0 Å². The molecule has 0 amide bonds. The molecule has 2 aromatic rings. The van der Waals surface area contributed by atoms with E-state index in [1.165, 1.54) is 5.56 Å². The summed E-state index contributed by atoms with van der Waals surface area (Å²) in [4.78, 5) is 0. The molecule has 4 nitrogen and oxygen atoms in total. The van der Waals surface area contributed by atoms with Gasteiger partial charge in [0.25, 0.3) is 0 Å². The molecular formula is C15H18N2O2. The molecule has 0 spiro atoms. The summed E-state index contributed by atoms with van der Waals surface area (Å²) >= 11 is 0. The molecule has 1 aromatic carbocycles. The Balaban J connectivity index is 1.70. The third-order valence-corrected chi connectivity index (χ3v) is 2.53. The molecule has 2 rings (SSSR count). The fourth-order valence-electron chi connectivity index (χ4n) is 1.66. The highest BCUT2D eigenvalue weighted by atomic mass is 16.5. The van der Waals surface area contributed by atoms with Gasteiger partial charge in [-0.25, -0.2) is 0 Å². The van der Waals surface area contributed by atoms with E-state index in [1.54, 1.807) is 0 Å². The number of rotatable bonds is 7. The van der Waals surface area contributed by atoms with Crippen molar-refractivity contribution in [2.24, 2.45) is 0 Å². The maximum Gasteiger partial charge on any atom is 0.162 e. The summed E-state index contributed by atoms with van der Waals surface area (Å²) in [5, 5.41) is 6.93. The van der Waals surface area contributed by atoms with Gasteiger partial charge in [0.2, 0.25) is 0 Å². The van der Waals surface area contributed by atoms with Crippen LogP contribution in [0, 0.1) is 0 Å². The van der Waals surface area contributed by atoms with Gasteiger partial charge in [-0.3, -0.25) is 0 Å². The number of hydrogen-bond acceptors (Lipinski definition) is 4. The summed E-state index contributed by atoms with van der Waals surface area (Å²) in [6.07, 6.45) is 4.02. The lowest BCUT2D eigenvalue weighted by atomic mass is 10.2. The second-order valence-corrected chi connectivity index (χ2v) is 4.14. The average molecular weight is 258 g/mol. The van der Waals surface area contributed by atoms with Gasteiger partial charge in [-0.15, -0.1) is 0 Å². The van der Waals surface area contributed by atoms with Crippen molar-refractivity contribution in [2.75, 3.05) is 13.7 Å². The van der Waals surface area contributed by atoms with Crippen LogP contribution < -0.4 is 5.32 Å². The Hall–Kier alpha value is -1.91. The zero-order valence-corrected chi connectivity index (χ0v) is 11.0. The molecule has 0 saturated heterocycles. The lowest BCUT2D eigenvalue weighted by molar-refractivity contribution is 0.125. The van der Waals surface area contributed by atoms with Crippen molar-refractivity contribution >= 4 is 6.08 Å². The van der Waals surface area contributed by atoms with Gasteiger partial charge in [-0.05, 0) is 12.6 Å². The van der Waals surface area contributed by atoms with E-state index in [0.29, 0.717) is 19.8 Å². The second-order valence-electron chi connectivity index (χ2n) is 4.14. The quantitative estimate of drug-likeness (QED) is 0.775. The molecule has 0 radical (unpaired) electrons. The fourth-order valence-corrected chi connectivity index (χ4v) is 1.66. The summed E-state index contributed by atoms with van der Waals surface area (Å²) in [6, 6.07) is 12.0. The minimum atomic E-state index is 0.440. The molecule has 0 aliphatic rings. The maximum atomic E-state index is 5.49. The molecule has 1 heterocycles. The summed E-state index contributed by atoms with van der Waals surface area (Å²) < 4.78 is 10.6. The Kier molecular flexibility index (Phi) is 5.34. The van der Waals surface area contributed by atoms with E-state index in [0.717, 1.165) is 11.5 Å². The Labute approximate surface area is 113 Å². The van der Waals surface area contributed by atoms with Crippen molar-refractivity contribution < 1.29 is 9.26 Å². The third kappa shape index (κ3) is 4.69. The first kappa shape index (κ1) is 13.5. The van der Waals surface area contributed by atoms with Crippen molar-refractivity contribution in [3.05, 3.63) is 59.5 Å². The third-order valence-electron chi connectivity index (χ3n) is 2.53. The van der Waals surface area contributed by atoms with Crippen LogP contribution in [0.1, 0.15) is 17.0 Å². The SMILES string of the molecule is CNCc1cc(COC/C=C/c2ccccc2)on1. The van der Waals surface area contributed by atoms with Gasteiger partial charge >= 0.3 is 0 Å². The van der Waals surface area contributed by atoms with Crippen LogP contribution in [-0.2, 0) is 17.9 Å². The monoisotopic (exact) mass is 258 g/mol. The molecule has 0 aliphatic heterocycles. The van der Waals surface area contributed by atoms with Crippen LogP contribution in [0.5, 0.6) is 0 Å². The fraction of sp³-hybridized carbons (Fsp3) is 0.267. The number of ether oxygens (including phenoxy) is 1. The van der Waals surface area contributed by atoms with Gasteiger partial charge in [0, 0.05) is 12.6 Å². The molecule has 1 N–H and O–H groups in total. The zero-order chi connectivity index (χ0) is 13.3.